The topological polar surface area (TPSA) is 86.7 Å². The number of benzene rings is 1. The Labute approximate surface area is 138 Å². The molecule has 0 fully saturated rings. The van der Waals surface area contributed by atoms with Crippen molar-refractivity contribution in [2.75, 3.05) is 13.1 Å². The lowest BCUT2D eigenvalue weighted by molar-refractivity contribution is -0.141. The zero-order chi connectivity index (χ0) is 16.9. The van der Waals surface area contributed by atoms with Crippen molar-refractivity contribution in [3.8, 4) is 0 Å². The third-order valence-electron chi connectivity index (χ3n) is 2.98. The molecule has 6 nitrogen and oxygen atoms in total. The summed E-state index contributed by atoms with van der Waals surface area (Å²) in [5.41, 5.74) is 0.227. The van der Waals surface area contributed by atoms with Crippen LogP contribution in [-0.2, 0) is 9.59 Å². The largest absolute Gasteiger partial charge is 0.480 e. The van der Waals surface area contributed by atoms with Crippen molar-refractivity contribution in [3.63, 3.8) is 0 Å². The molecular formula is C14H16Cl2N2O4. The number of carboxylic acids is 1. The minimum Gasteiger partial charge on any atom is -0.480 e. The maximum atomic E-state index is 12.5. The van der Waals surface area contributed by atoms with Crippen LogP contribution in [0.3, 0.4) is 0 Å². The summed E-state index contributed by atoms with van der Waals surface area (Å²) in [7, 11) is 0. The molecule has 0 aliphatic carbocycles. The number of halogens is 2. The van der Waals surface area contributed by atoms with Crippen LogP contribution in [0.15, 0.2) is 18.2 Å². The molecule has 1 aromatic carbocycles. The number of carbonyl (C=O) groups is 3. The highest BCUT2D eigenvalue weighted by Gasteiger charge is 2.26. The van der Waals surface area contributed by atoms with Crippen molar-refractivity contribution in [2.24, 2.45) is 0 Å². The van der Waals surface area contributed by atoms with Gasteiger partial charge in [0.05, 0.1) is 10.0 Å². The van der Waals surface area contributed by atoms with Gasteiger partial charge in [0.1, 0.15) is 6.04 Å². The van der Waals surface area contributed by atoms with E-state index in [1.54, 1.807) is 0 Å². The Kier molecular flexibility index (Phi) is 6.64. The first-order valence-electron chi connectivity index (χ1n) is 6.47. The molecule has 0 saturated heterocycles. The second-order valence-corrected chi connectivity index (χ2v) is 5.44. The van der Waals surface area contributed by atoms with E-state index < -0.39 is 17.9 Å². The summed E-state index contributed by atoms with van der Waals surface area (Å²) in [5, 5.41) is 12.2. The average Bonchev–Trinajstić information content (AvgIpc) is 2.44. The quantitative estimate of drug-likeness (QED) is 0.825. The van der Waals surface area contributed by atoms with E-state index in [0.717, 1.165) is 4.90 Å². The van der Waals surface area contributed by atoms with Crippen LogP contribution in [0.2, 0.25) is 10.0 Å². The van der Waals surface area contributed by atoms with Crippen LogP contribution < -0.4 is 5.32 Å². The molecule has 0 spiro atoms. The van der Waals surface area contributed by atoms with Gasteiger partial charge in [-0.3, -0.25) is 9.59 Å². The summed E-state index contributed by atoms with van der Waals surface area (Å²) < 4.78 is 0. The predicted molar refractivity (Wildman–Crippen MR) is 83.3 cm³/mol. The highest BCUT2D eigenvalue weighted by atomic mass is 35.5. The van der Waals surface area contributed by atoms with Crippen molar-refractivity contribution in [1.82, 2.24) is 10.2 Å². The van der Waals surface area contributed by atoms with Gasteiger partial charge >= 0.3 is 5.97 Å². The Hall–Kier alpha value is -1.79. The lowest BCUT2D eigenvalue weighted by Gasteiger charge is -2.26. The van der Waals surface area contributed by atoms with Crippen molar-refractivity contribution in [2.45, 2.75) is 19.9 Å². The number of nitrogens with one attached hydrogen (secondary N) is 1. The number of hydrogen-bond acceptors (Lipinski definition) is 3. The fourth-order valence-electron chi connectivity index (χ4n) is 1.75. The van der Waals surface area contributed by atoms with E-state index in [1.807, 2.05) is 0 Å². The van der Waals surface area contributed by atoms with Gasteiger partial charge in [-0.25, -0.2) is 4.79 Å². The Balaban J connectivity index is 2.97. The summed E-state index contributed by atoms with van der Waals surface area (Å²) >= 11 is 11.7. The minimum absolute atomic E-state index is 0.0616. The lowest BCUT2D eigenvalue weighted by atomic mass is 10.1. The normalized spacial score (nSPS) is 11.6. The maximum Gasteiger partial charge on any atom is 0.326 e. The van der Waals surface area contributed by atoms with Crippen LogP contribution in [0.25, 0.3) is 0 Å². The van der Waals surface area contributed by atoms with E-state index in [9.17, 15) is 14.4 Å². The first-order chi connectivity index (χ1) is 10.2. The molecule has 2 N–H and O–H groups in total. The average molecular weight is 347 g/mol. The smallest absolute Gasteiger partial charge is 0.326 e. The minimum atomic E-state index is -1.14. The Bertz CT molecular complexity index is 592. The molecule has 0 aliphatic heterocycles. The number of rotatable bonds is 6. The van der Waals surface area contributed by atoms with E-state index in [4.69, 9.17) is 28.3 Å². The van der Waals surface area contributed by atoms with Gasteiger partial charge in [-0.15, -0.1) is 0 Å². The third-order valence-corrected chi connectivity index (χ3v) is 3.72. The molecule has 1 unspecified atom stereocenters. The van der Waals surface area contributed by atoms with Crippen molar-refractivity contribution in [1.29, 1.82) is 0 Å². The van der Waals surface area contributed by atoms with Crippen LogP contribution in [0, 0.1) is 0 Å². The molecule has 0 bridgehead atoms. The summed E-state index contributed by atoms with van der Waals surface area (Å²) in [5.74, 6) is -1.90. The van der Waals surface area contributed by atoms with Gasteiger partial charge < -0.3 is 15.3 Å². The van der Waals surface area contributed by atoms with Gasteiger partial charge in [0.15, 0.2) is 0 Å². The molecule has 2 amide bonds. The van der Waals surface area contributed by atoms with Gasteiger partial charge in [-0.2, -0.15) is 0 Å². The predicted octanol–water partition coefficient (Wildman–Crippen LogP) is 2.04. The summed E-state index contributed by atoms with van der Waals surface area (Å²) in [4.78, 5) is 35.7. The van der Waals surface area contributed by atoms with Crippen LogP contribution in [0.1, 0.15) is 24.2 Å². The molecule has 120 valence electrons. The van der Waals surface area contributed by atoms with Gasteiger partial charge in [0.25, 0.3) is 5.91 Å². The third kappa shape index (κ3) is 4.89. The first-order valence-corrected chi connectivity index (χ1v) is 7.23. The zero-order valence-electron chi connectivity index (χ0n) is 12.1. The van der Waals surface area contributed by atoms with E-state index in [0.29, 0.717) is 5.02 Å². The highest BCUT2D eigenvalue weighted by molar-refractivity contribution is 6.42. The van der Waals surface area contributed by atoms with Crippen LogP contribution in [0.5, 0.6) is 0 Å². The molecule has 8 heteroatoms. The number of carboxylic acid groups (broad SMARTS) is 1. The van der Waals surface area contributed by atoms with Crippen molar-refractivity contribution < 1.29 is 19.5 Å². The number of amides is 2. The van der Waals surface area contributed by atoms with Gasteiger partial charge in [-0.1, -0.05) is 23.2 Å². The Morgan fingerprint density at radius 1 is 1.27 bits per heavy atom. The standard InChI is InChI=1S/C14H16Cl2N2O4/c1-8(14(21)22)18(6-5-17-9(2)19)13(20)10-3-4-11(15)12(16)7-10/h3-4,7-8H,5-6H2,1-2H3,(H,17,19)(H,21,22). The number of nitrogens with zero attached hydrogens (tertiary/aromatic N) is 1. The van der Waals surface area contributed by atoms with Gasteiger partial charge in [0.2, 0.25) is 5.91 Å². The number of aliphatic carboxylic acids is 1. The molecule has 0 radical (unpaired) electrons. The fraction of sp³-hybridized carbons (Fsp3) is 0.357. The lowest BCUT2D eigenvalue weighted by Crippen LogP contribution is -2.46. The number of carbonyl (C=O) groups excluding carboxylic acids is 2. The second kappa shape index (κ2) is 8.00. The van der Waals surface area contributed by atoms with Crippen molar-refractivity contribution >= 4 is 41.0 Å². The van der Waals surface area contributed by atoms with Crippen LogP contribution in [-0.4, -0.2) is 46.9 Å². The zero-order valence-corrected chi connectivity index (χ0v) is 13.6. The molecule has 0 saturated carbocycles. The molecule has 0 aliphatic rings. The Morgan fingerprint density at radius 2 is 1.91 bits per heavy atom. The maximum absolute atomic E-state index is 12.5. The van der Waals surface area contributed by atoms with Crippen LogP contribution in [0.4, 0.5) is 0 Å². The van der Waals surface area contributed by atoms with E-state index >= 15 is 0 Å². The molecule has 1 aromatic rings. The summed E-state index contributed by atoms with van der Waals surface area (Å²) in [6, 6.07) is 3.27. The molecule has 1 rings (SSSR count). The SMILES string of the molecule is CC(=O)NCCN(C(=O)c1ccc(Cl)c(Cl)c1)C(C)C(=O)O. The van der Waals surface area contributed by atoms with Gasteiger partial charge in [-0.05, 0) is 25.1 Å². The van der Waals surface area contributed by atoms with E-state index in [2.05, 4.69) is 5.32 Å². The molecule has 0 aromatic heterocycles. The molecular weight excluding hydrogens is 331 g/mol. The second-order valence-electron chi connectivity index (χ2n) is 4.62. The molecule has 22 heavy (non-hydrogen) atoms. The first kappa shape index (κ1) is 18.3. The highest BCUT2D eigenvalue weighted by Crippen LogP contribution is 2.23. The molecule has 0 heterocycles. The van der Waals surface area contributed by atoms with E-state index in [-0.39, 0.29) is 29.6 Å². The number of hydrogen-bond donors (Lipinski definition) is 2. The van der Waals surface area contributed by atoms with Crippen LogP contribution >= 0.6 is 23.2 Å². The summed E-state index contributed by atoms with van der Waals surface area (Å²) in [6.07, 6.45) is 0. The van der Waals surface area contributed by atoms with E-state index in [1.165, 1.54) is 32.0 Å². The monoisotopic (exact) mass is 346 g/mol. The summed E-state index contributed by atoms with van der Waals surface area (Å²) in [6.45, 7) is 2.95. The van der Waals surface area contributed by atoms with Crippen molar-refractivity contribution in [3.05, 3.63) is 33.8 Å². The van der Waals surface area contributed by atoms with Gasteiger partial charge in [0, 0.05) is 25.6 Å². The Morgan fingerprint density at radius 3 is 2.41 bits per heavy atom. The fourth-order valence-corrected chi connectivity index (χ4v) is 2.05. The molecule has 1 atom stereocenters.